The smallest absolute Gasteiger partial charge is 0.320 e. The van der Waals surface area contributed by atoms with Crippen molar-refractivity contribution in [1.29, 1.82) is 0 Å². The number of carboxylic acid groups (broad SMARTS) is 2. The number of aliphatic carboxylic acids is 2. The Bertz CT molecular complexity index is 473. The third kappa shape index (κ3) is 4.92. The van der Waals surface area contributed by atoms with Gasteiger partial charge in [0, 0.05) is 4.47 Å². The fourth-order valence-corrected chi connectivity index (χ4v) is 2.36. The zero-order chi connectivity index (χ0) is 15.3. The van der Waals surface area contributed by atoms with Crippen molar-refractivity contribution in [2.75, 3.05) is 0 Å². The summed E-state index contributed by atoms with van der Waals surface area (Å²) in [6.07, 6.45) is 0.263. The van der Waals surface area contributed by atoms with Gasteiger partial charge in [-0.05, 0) is 36.5 Å². The fraction of sp³-hybridized carbons (Fsp3) is 0.385. The topological polar surface area (TPSA) is 127 Å². The number of nitrogens with two attached hydrogens (primary N) is 2. The van der Waals surface area contributed by atoms with E-state index in [1.807, 2.05) is 12.1 Å². The van der Waals surface area contributed by atoms with Gasteiger partial charge in [0.05, 0.1) is 0 Å². The number of carbonyl (C=O) groups is 2. The van der Waals surface area contributed by atoms with Crippen LogP contribution in [0.3, 0.4) is 0 Å². The average Bonchev–Trinajstić information content (AvgIpc) is 2.37. The van der Waals surface area contributed by atoms with Crippen LogP contribution >= 0.6 is 15.9 Å². The Balaban J connectivity index is 2.94. The Morgan fingerprint density at radius 2 is 1.60 bits per heavy atom. The second-order valence-corrected chi connectivity index (χ2v) is 5.53. The van der Waals surface area contributed by atoms with Gasteiger partial charge in [-0.2, -0.15) is 0 Å². The summed E-state index contributed by atoms with van der Waals surface area (Å²) in [5, 5.41) is 17.8. The summed E-state index contributed by atoms with van der Waals surface area (Å²) in [6.45, 7) is 0. The maximum absolute atomic E-state index is 10.9. The molecule has 0 heterocycles. The molecule has 20 heavy (non-hydrogen) atoms. The first-order chi connectivity index (χ1) is 9.31. The molecule has 6 N–H and O–H groups in total. The highest BCUT2D eigenvalue weighted by atomic mass is 79.9. The summed E-state index contributed by atoms with van der Waals surface area (Å²) in [4.78, 5) is 21.7. The lowest BCUT2D eigenvalue weighted by Gasteiger charge is -2.21. The first kappa shape index (κ1) is 16.6. The van der Waals surface area contributed by atoms with Crippen molar-refractivity contribution in [1.82, 2.24) is 0 Å². The molecule has 0 saturated heterocycles. The molecule has 7 heteroatoms. The van der Waals surface area contributed by atoms with Crippen LogP contribution in [0.15, 0.2) is 28.7 Å². The molecule has 0 aliphatic heterocycles. The van der Waals surface area contributed by atoms with Gasteiger partial charge in [0.25, 0.3) is 0 Å². The minimum Gasteiger partial charge on any atom is -0.480 e. The number of hydrogen-bond acceptors (Lipinski definition) is 4. The van der Waals surface area contributed by atoms with Crippen molar-refractivity contribution >= 4 is 27.9 Å². The van der Waals surface area contributed by atoms with Crippen LogP contribution in [0.2, 0.25) is 0 Å². The maximum Gasteiger partial charge on any atom is 0.320 e. The normalized spacial score (nSPS) is 15.3. The molecule has 0 aliphatic rings. The first-order valence-electron chi connectivity index (χ1n) is 6.03. The molecule has 0 aromatic heterocycles. The van der Waals surface area contributed by atoms with Crippen LogP contribution in [0.1, 0.15) is 24.3 Å². The summed E-state index contributed by atoms with van der Waals surface area (Å²) in [5.41, 5.74) is 11.9. The van der Waals surface area contributed by atoms with Crippen LogP contribution in [0.4, 0.5) is 0 Å². The molecule has 110 valence electrons. The Labute approximate surface area is 124 Å². The van der Waals surface area contributed by atoms with E-state index in [9.17, 15) is 9.59 Å². The number of rotatable bonds is 7. The molecule has 0 amide bonds. The third-order valence-electron chi connectivity index (χ3n) is 3.03. The van der Waals surface area contributed by atoms with E-state index in [0.29, 0.717) is 0 Å². The second kappa shape index (κ2) is 7.37. The highest BCUT2D eigenvalue weighted by Crippen LogP contribution is 2.28. The van der Waals surface area contributed by atoms with E-state index in [0.717, 1.165) is 10.0 Å². The second-order valence-electron chi connectivity index (χ2n) is 4.61. The molecule has 0 radical (unpaired) electrons. The van der Waals surface area contributed by atoms with E-state index in [-0.39, 0.29) is 18.8 Å². The highest BCUT2D eigenvalue weighted by Gasteiger charge is 2.25. The van der Waals surface area contributed by atoms with Gasteiger partial charge < -0.3 is 21.7 Å². The monoisotopic (exact) mass is 344 g/mol. The SMILES string of the molecule is NC(CC(CC(N)C(=O)O)c1cccc(Br)c1)C(=O)O. The molecule has 0 spiro atoms. The van der Waals surface area contributed by atoms with Crippen LogP contribution in [0.5, 0.6) is 0 Å². The summed E-state index contributed by atoms with van der Waals surface area (Å²) in [5.74, 6) is -2.56. The lowest BCUT2D eigenvalue weighted by molar-refractivity contribution is -0.139. The van der Waals surface area contributed by atoms with Gasteiger partial charge in [-0.3, -0.25) is 9.59 Å². The fourth-order valence-electron chi connectivity index (χ4n) is 1.94. The molecule has 0 saturated carbocycles. The third-order valence-corrected chi connectivity index (χ3v) is 3.52. The van der Waals surface area contributed by atoms with E-state index >= 15 is 0 Å². The molecule has 1 aromatic carbocycles. The predicted molar refractivity (Wildman–Crippen MR) is 77.3 cm³/mol. The lowest BCUT2D eigenvalue weighted by atomic mass is 9.87. The quantitative estimate of drug-likeness (QED) is 0.587. The average molecular weight is 345 g/mol. The van der Waals surface area contributed by atoms with Crippen LogP contribution in [0, 0.1) is 0 Å². The molecule has 2 atom stereocenters. The summed E-state index contributed by atoms with van der Waals surface area (Å²) in [6, 6.07) is 5.13. The maximum atomic E-state index is 10.9. The van der Waals surface area contributed by atoms with Gasteiger partial charge in [-0.1, -0.05) is 28.1 Å². The number of benzene rings is 1. The Morgan fingerprint density at radius 1 is 1.10 bits per heavy atom. The van der Waals surface area contributed by atoms with Crippen molar-refractivity contribution in [3.63, 3.8) is 0 Å². The predicted octanol–water partition coefficient (Wildman–Crippen LogP) is 1.14. The molecule has 0 aliphatic carbocycles. The molecular weight excluding hydrogens is 328 g/mol. The van der Waals surface area contributed by atoms with Crippen LogP contribution in [-0.4, -0.2) is 34.2 Å². The van der Waals surface area contributed by atoms with Crippen LogP contribution < -0.4 is 11.5 Å². The van der Waals surface area contributed by atoms with Crippen molar-refractivity contribution < 1.29 is 19.8 Å². The number of halogens is 1. The van der Waals surface area contributed by atoms with Gasteiger partial charge in [-0.15, -0.1) is 0 Å². The van der Waals surface area contributed by atoms with Crippen molar-refractivity contribution in [2.24, 2.45) is 11.5 Å². The van der Waals surface area contributed by atoms with E-state index < -0.39 is 24.0 Å². The summed E-state index contributed by atoms with van der Waals surface area (Å²) >= 11 is 3.33. The van der Waals surface area contributed by atoms with Crippen LogP contribution in [0.25, 0.3) is 0 Å². The number of hydrogen-bond donors (Lipinski definition) is 4. The van der Waals surface area contributed by atoms with Gasteiger partial charge in [0.1, 0.15) is 12.1 Å². The number of carboxylic acids is 2. The molecule has 2 unspecified atom stereocenters. The molecular formula is C13H17BrN2O4. The lowest BCUT2D eigenvalue weighted by Crippen LogP contribution is -2.36. The van der Waals surface area contributed by atoms with Gasteiger partial charge >= 0.3 is 11.9 Å². The summed E-state index contributed by atoms with van der Waals surface area (Å²) < 4.78 is 0.827. The first-order valence-corrected chi connectivity index (χ1v) is 6.82. The largest absolute Gasteiger partial charge is 0.480 e. The van der Waals surface area contributed by atoms with Crippen molar-refractivity contribution in [3.8, 4) is 0 Å². The molecule has 0 bridgehead atoms. The van der Waals surface area contributed by atoms with E-state index in [1.165, 1.54) is 0 Å². The minimum absolute atomic E-state index is 0.132. The zero-order valence-corrected chi connectivity index (χ0v) is 12.3. The van der Waals surface area contributed by atoms with E-state index in [2.05, 4.69) is 15.9 Å². The molecule has 6 nitrogen and oxygen atoms in total. The minimum atomic E-state index is -1.12. The highest BCUT2D eigenvalue weighted by molar-refractivity contribution is 9.10. The zero-order valence-electron chi connectivity index (χ0n) is 10.7. The van der Waals surface area contributed by atoms with E-state index in [4.69, 9.17) is 21.7 Å². The molecule has 1 rings (SSSR count). The Hall–Kier alpha value is -1.44. The molecule has 1 aromatic rings. The van der Waals surface area contributed by atoms with Crippen LogP contribution in [-0.2, 0) is 9.59 Å². The van der Waals surface area contributed by atoms with Gasteiger partial charge in [0.2, 0.25) is 0 Å². The molecule has 0 fully saturated rings. The standard InChI is InChI=1S/C13H17BrN2O4/c14-9-3-1-2-7(4-9)8(5-10(15)12(17)18)6-11(16)13(19)20/h1-4,8,10-11H,5-6,15-16H2,(H,17,18)(H,19,20). The van der Waals surface area contributed by atoms with Crippen molar-refractivity contribution in [3.05, 3.63) is 34.3 Å². The van der Waals surface area contributed by atoms with Crippen molar-refractivity contribution in [2.45, 2.75) is 30.8 Å². The Morgan fingerprint density at radius 3 is 2.00 bits per heavy atom. The van der Waals surface area contributed by atoms with E-state index in [1.54, 1.807) is 12.1 Å². The van der Waals surface area contributed by atoms with Gasteiger partial charge in [-0.25, -0.2) is 0 Å². The Kier molecular flexibility index (Phi) is 6.12. The van der Waals surface area contributed by atoms with Gasteiger partial charge in [0.15, 0.2) is 0 Å². The summed E-state index contributed by atoms with van der Waals surface area (Å²) in [7, 11) is 0.